The van der Waals surface area contributed by atoms with Crippen molar-refractivity contribution < 1.29 is 176 Å². The molecule has 0 saturated heterocycles. The number of halogens is 15. The van der Waals surface area contributed by atoms with E-state index in [4.69, 9.17) is 20.4 Å². The number of carboxylic acids is 2. The van der Waals surface area contributed by atoms with E-state index in [2.05, 4.69) is 68.3 Å². The van der Waals surface area contributed by atoms with Crippen molar-refractivity contribution in [2.75, 3.05) is 0 Å². The fourth-order valence-corrected chi connectivity index (χ4v) is 7.29. The SMILES string of the molecule is CC(O)=CC(C)O.FC(F)(F)c1[c-]c(-c2ccccn2)cc(C(F)(F)F)c1.FC(F)(F)c1n[n-]c(-c2ccccn2)n1.Fc1c[c-]c(-c2ccccn2)c(F)c1.Fc1c[c-]c(-c2ccccn2)c(F)c1.Fc1c[c-]c(-c2ccccn2)c(F)c1.O=C(O)c1ccccn1.O=C(O)c1ccccn1.[Ir].[Ir].[Ir].[Ir]. The summed E-state index contributed by atoms with van der Waals surface area (Å²) in [5.74, 6) is -7.05. The van der Waals surface area contributed by atoms with Crippen LogP contribution < -0.4 is 5.10 Å². The number of carboxylic acid groups (broad SMARTS) is 2. The Bertz CT molecular complexity index is 4290. The normalized spacial score (nSPS) is 10.6. The largest absolute Gasteiger partial charge is 0.513 e. The second-order valence-electron chi connectivity index (χ2n) is 19.4. The van der Waals surface area contributed by atoms with Crippen molar-refractivity contribution in [1.82, 2.24) is 50.1 Å². The molecule has 0 aliphatic heterocycles. The zero-order valence-electron chi connectivity index (χ0n) is 53.5. The van der Waals surface area contributed by atoms with Crippen LogP contribution >= 0.6 is 0 Å². The minimum absolute atomic E-state index is 0. The third-order valence-electron chi connectivity index (χ3n) is 11.6. The van der Waals surface area contributed by atoms with Crippen LogP contribution in [0.2, 0.25) is 0 Å². The smallest absolute Gasteiger partial charge is 0.429 e. The molecule has 0 amide bonds. The second kappa shape index (κ2) is 46.8. The van der Waals surface area contributed by atoms with E-state index in [-0.39, 0.29) is 143 Å². The van der Waals surface area contributed by atoms with Crippen LogP contribution in [-0.2, 0) is 99.0 Å². The number of carbonyl (C=O) groups is 2. The van der Waals surface area contributed by atoms with Crippen LogP contribution in [0.15, 0.2) is 231 Å². The third kappa shape index (κ3) is 33.4. The average Bonchev–Trinajstić information content (AvgIpc) is 1.13. The molecule has 12 rings (SSSR count). The number of rotatable bonds is 8. The fourth-order valence-electron chi connectivity index (χ4n) is 7.29. The summed E-state index contributed by atoms with van der Waals surface area (Å²) in [6.45, 7) is 3.10. The number of allylic oxidation sites excluding steroid dienone is 1. The molecule has 564 valence electrons. The van der Waals surface area contributed by atoms with E-state index in [0.29, 0.717) is 23.1 Å². The van der Waals surface area contributed by atoms with Crippen molar-refractivity contribution >= 4 is 11.9 Å². The summed E-state index contributed by atoms with van der Waals surface area (Å²) < 4.78 is 190. The first-order chi connectivity index (χ1) is 48.3. The van der Waals surface area contributed by atoms with Gasteiger partial charge < -0.3 is 50.4 Å². The Balaban J connectivity index is 0.000000612. The molecular formula is C71H48F15Ir4N10O6-5. The Hall–Kier alpha value is -9.94. The number of pyridine rings is 7. The van der Waals surface area contributed by atoms with Crippen molar-refractivity contribution in [3.8, 4) is 56.5 Å². The quantitative estimate of drug-likeness (QED) is 0.0627. The third-order valence-corrected chi connectivity index (χ3v) is 11.6. The number of aliphatic hydroxyl groups excluding tert-OH is 2. The molecule has 8 heterocycles. The summed E-state index contributed by atoms with van der Waals surface area (Å²) in [5, 5.41) is 39.8. The number of hydrogen-bond acceptors (Lipinski definition) is 13. The standard InChI is InChI=1S/C13H6F6N.3C11H6F2N.C8H4F3N4.2C6H5NO2.C5H10O2.4Ir/c14-12(15,16)9-5-8(11-3-1-2-4-20-11)6-10(7-9)13(17,18)19;3*12-8-4-5-9(10(13)7-8)11-3-1-2-6-14-11;9-8(10,11)7-13-6(14-15-7)5-3-1-2-4-12-5;2*8-6(9)5-3-1-2-4-7-5;1-4(6)3-5(2)7;;;;/h1-5,7H;3*1-4,6-7H;1-4H;2*1-4H,(H,8,9);3-4,6-7H,1-2H3;;;;/q5*-1;;;;;;;. The van der Waals surface area contributed by atoms with Crippen LogP contribution in [0.1, 0.15) is 51.8 Å². The fraction of sp³-hybridized carbons (Fsp3) is 0.0845. The molecule has 0 aliphatic carbocycles. The maximum atomic E-state index is 13.2. The summed E-state index contributed by atoms with van der Waals surface area (Å²) in [6.07, 6.45) is -3.28. The molecule has 1 unspecified atom stereocenters. The van der Waals surface area contributed by atoms with Crippen molar-refractivity contribution in [3.05, 3.63) is 319 Å². The van der Waals surface area contributed by atoms with E-state index in [0.717, 1.165) is 36.4 Å². The Kier molecular flexibility index (Phi) is 41.5. The molecule has 4 radical (unpaired) electrons. The predicted molar refractivity (Wildman–Crippen MR) is 338 cm³/mol. The molecule has 4 N–H and O–H groups in total. The van der Waals surface area contributed by atoms with Gasteiger partial charge in [-0.15, -0.1) is 60.2 Å². The van der Waals surface area contributed by atoms with Crippen LogP contribution in [0, 0.1) is 59.2 Å². The number of alkyl halides is 9. The van der Waals surface area contributed by atoms with Gasteiger partial charge >= 0.3 is 30.5 Å². The zero-order chi connectivity index (χ0) is 75.0. The van der Waals surface area contributed by atoms with Crippen molar-refractivity contribution in [2.24, 2.45) is 0 Å². The summed E-state index contributed by atoms with van der Waals surface area (Å²) in [6, 6.07) is 49.7. The molecule has 1 atom stereocenters. The Morgan fingerprint density at radius 1 is 0.443 bits per heavy atom. The summed E-state index contributed by atoms with van der Waals surface area (Å²) >= 11 is 0. The molecule has 8 aromatic heterocycles. The first-order valence-corrected chi connectivity index (χ1v) is 28.5. The number of aromatic nitrogens is 10. The van der Waals surface area contributed by atoms with Crippen LogP contribution in [0.4, 0.5) is 65.9 Å². The average molecular weight is 2190 g/mol. The summed E-state index contributed by atoms with van der Waals surface area (Å²) in [5.41, 5.74) is -0.893. The molecule has 4 aromatic carbocycles. The van der Waals surface area contributed by atoms with Gasteiger partial charge in [-0.1, -0.05) is 102 Å². The molecule has 0 fully saturated rings. The van der Waals surface area contributed by atoms with Gasteiger partial charge in [0.25, 0.3) is 0 Å². The van der Waals surface area contributed by atoms with Crippen LogP contribution in [0.5, 0.6) is 0 Å². The topological polar surface area (TPSA) is 245 Å². The Labute approximate surface area is 647 Å². The van der Waals surface area contributed by atoms with Crippen molar-refractivity contribution in [3.63, 3.8) is 0 Å². The molecule has 106 heavy (non-hydrogen) atoms. The van der Waals surface area contributed by atoms with Crippen LogP contribution in [-0.4, -0.2) is 83.4 Å². The van der Waals surface area contributed by atoms with E-state index in [9.17, 15) is 75.4 Å². The Morgan fingerprint density at radius 2 is 0.774 bits per heavy atom. The van der Waals surface area contributed by atoms with Gasteiger partial charge in [-0.25, -0.2) is 19.6 Å². The zero-order valence-corrected chi connectivity index (χ0v) is 63.1. The van der Waals surface area contributed by atoms with E-state index in [1.807, 2.05) is 6.07 Å². The molecule has 0 spiro atoms. The van der Waals surface area contributed by atoms with E-state index >= 15 is 0 Å². The van der Waals surface area contributed by atoms with E-state index in [1.165, 1.54) is 74.2 Å². The van der Waals surface area contributed by atoms with Gasteiger partial charge in [0.2, 0.25) is 0 Å². The number of nitrogens with zero attached hydrogens (tertiary/aromatic N) is 10. The van der Waals surface area contributed by atoms with E-state index < -0.39 is 88.4 Å². The molecule has 12 aromatic rings. The van der Waals surface area contributed by atoms with Gasteiger partial charge in [0, 0.05) is 159 Å². The first-order valence-electron chi connectivity index (χ1n) is 28.5. The van der Waals surface area contributed by atoms with Crippen molar-refractivity contribution in [2.45, 2.75) is 38.5 Å². The number of aromatic carboxylic acids is 2. The maximum Gasteiger partial charge on any atom is 0.429 e. The molecule has 0 bridgehead atoms. The number of aliphatic hydroxyl groups is 2. The monoisotopic (exact) mass is 2190 g/mol. The summed E-state index contributed by atoms with van der Waals surface area (Å²) in [7, 11) is 0. The minimum atomic E-state index is -4.91. The molecule has 35 heteroatoms. The Morgan fingerprint density at radius 3 is 1.01 bits per heavy atom. The van der Waals surface area contributed by atoms with Gasteiger partial charge in [0.1, 0.15) is 17.2 Å². The maximum absolute atomic E-state index is 13.2. The van der Waals surface area contributed by atoms with Gasteiger partial charge in [-0.05, 0) is 120 Å². The van der Waals surface area contributed by atoms with Gasteiger partial charge in [0.05, 0.1) is 17.6 Å². The van der Waals surface area contributed by atoms with E-state index in [1.54, 1.807) is 117 Å². The second-order valence-corrected chi connectivity index (χ2v) is 19.4. The molecular weight excluding hydrogens is 2140 g/mol. The van der Waals surface area contributed by atoms with Crippen molar-refractivity contribution in [1.29, 1.82) is 0 Å². The first kappa shape index (κ1) is 94.1. The number of hydrogen-bond donors (Lipinski definition) is 4. The molecule has 0 saturated carbocycles. The van der Waals surface area contributed by atoms with Gasteiger partial charge in [-0.2, -0.15) is 39.5 Å². The number of benzene rings is 4. The summed E-state index contributed by atoms with van der Waals surface area (Å²) in [4.78, 5) is 50.1. The minimum Gasteiger partial charge on any atom is -0.513 e. The molecule has 16 nitrogen and oxygen atoms in total. The van der Waals surface area contributed by atoms with Crippen LogP contribution in [0.3, 0.4) is 0 Å². The van der Waals surface area contributed by atoms with Gasteiger partial charge in [0.15, 0.2) is 0 Å². The predicted octanol–water partition coefficient (Wildman–Crippen LogP) is 17.0. The molecule has 0 aliphatic rings. The van der Waals surface area contributed by atoms with Crippen LogP contribution in [0.25, 0.3) is 56.5 Å². The van der Waals surface area contributed by atoms with Gasteiger partial charge in [-0.3, -0.25) is 36.4 Å².